The predicted molar refractivity (Wildman–Crippen MR) is 162 cm³/mol. The van der Waals surface area contributed by atoms with Gasteiger partial charge in [-0.05, 0) is 60.6 Å². The molecule has 1 aromatic carbocycles. The van der Waals surface area contributed by atoms with Gasteiger partial charge in [0.2, 0.25) is 11.9 Å². The minimum atomic E-state index is -0.229. The van der Waals surface area contributed by atoms with Crippen LogP contribution in [0.15, 0.2) is 60.0 Å². The lowest BCUT2D eigenvalue weighted by Crippen LogP contribution is -2.42. The molecule has 220 valence electrons. The van der Waals surface area contributed by atoms with Gasteiger partial charge in [0.05, 0.1) is 27.0 Å². The molecule has 2 fully saturated rings. The molecular formula is C31H36N6O4S. The Morgan fingerprint density at radius 3 is 2.86 bits per heavy atom. The van der Waals surface area contributed by atoms with Crippen LogP contribution in [-0.2, 0) is 11.3 Å². The van der Waals surface area contributed by atoms with Crippen LogP contribution in [0.25, 0.3) is 21.7 Å². The normalized spacial score (nSPS) is 20.3. The number of carbonyl (C=O) groups is 2. The van der Waals surface area contributed by atoms with Gasteiger partial charge in [0.15, 0.2) is 12.2 Å². The third kappa shape index (κ3) is 5.51. The number of carbonyl (C=O) groups excluding carboxylic acids is 2. The molecule has 0 atom stereocenters. The lowest BCUT2D eigenvalue weighted by Gasteiger charge is -2.46. The molecular weight excluding hydrogens is 552 g/mol. The van der Waals surface area contributed by atoms with Crippen molar-refractivity contribution in [2.75, 3.05) is 31.6 Å². The summed E-state index contributed by atoms with van der Waals surface area (Å²) in [4.78, 5) is 37.8. The highest BCUT2D eigenvalue weighted by molar-refractivity contribution is 7.17. The van der Waals surface area contributed by atoms with E-state index in [4.69, 9.17) is 9.40 Å². The molecule has 4 aromatic rings. The van der Waals surface area contributed by atoms with E-state index in [1.165, 1.54) is 23.8 Å². The quantitative estimate of drug-likeness (QED) is 0.226. The number of hydrogen-bond donors (Lipinski definition) is 3. The molecule has 42 heavy (non-hydrogen) atoms. The van der Waals surface area contributed by atoms with Gasteiger partial charge < -0.3 is 24.3 Å². The molecule has 1 spiro atoms. The van der Waals surface area contributed by atoms with E-state index in [0.29, 0.717) is 29.7 Å². The van der Waals surface area contributed by atoms with Crippen LogP contribution in [0, 0.1) is 10.8 Å². The maximum Gasteiger partial charge on any atom is 0.268 e. The first kappa shape index (κ1) is 28.3. The van der Waals surface area contributed by atoms with E-state index in [0.717, 1.165) is 53.8 Å². The highest BCUT2D eigenvalue weighted by Gasteiger charge is 2.50. The van der Waals surface area contributed by atoms with E-state index in [9.17, 15) is 14.7 Å². The molecule has 3 N–H and O–H groups in total. The highest BCUT2D eigenvalue weighted by Crippen LogP contribution is 2.55. The number of nitrogens with zero attached hydrogens (tertiary/aromatic N) is 4. The highest BCUT2D eigenvalue weighted by atomic mass is 32.1. The second kappa shape index (κ2) is 11.1. The number of oxazole rings is 1. The standard InChI is InChI=1S/C31H36N6O4S/c1-4-27(39)36-10-9-31(17-36)12-21(13-31)37-23-6-5-20(14-32-16-30(2,3)18-38)11-22(23)34-29(37)35-28(40)26-8-7-25(42-26)24-15-33-19-41-24/h4-8,11,15,19,21,32,38H,1,9-10,12-14,16-18H2,2-3H3,(H,34,35,40)/t21-,31-. The molecule has 11 heteroatoms. The number of nitrogens with one attached hydrogen (secondary N) is 2. The van der Waals surface area contributed by atoms with Gasteiger partial charge in [0, 0.05) is 44.2 Å². The van der Waals surface area contributed by atoms with Gasteiger partial charge >= 0.3 is 0 Å². The summed E-state index contributed by atoms with van der Waals surface area (Å²) in [5.41, 5.74) is 2.74. The average Bonchev–Trinajstić information content (AvgIpc) is 3.76. The fourth-order valence-corrected chi connectivity index (χ4v) is 6.97. The fraction of sp³-hybridized carbons (Fsp3) is 0.419. The van der Waals surface area contributed by atoms with Crippen molar-refractivity contribution >= 4 is 40.1 Å². The van der Waals surface area contributed by atoms with E-state index in [1.54, 1.807) is 12.3 Å². The Hall–Kier alpha value is -3.80. The molecule has 1 aliphatic heterocycles. The topological polar surface area (TPSA) is 126 Å². The molecule has 2 amide bonds. The van der Waals surface area contributed by atoms with Crippen molar-refractivity contribution in [1.29, 1.82) is 0 Å². The number of imidazole rings is 1. The molecule has 3 aromatic heterocycles. The largest absolute Gasteiger partial charge is 0.443 e. The van der Waals surface area contributed by atoms with Crippen LogP contribution >= 0.6 is 11.3 Å². The number of anilines is 1. The molecule has 10 nitrogen and oxygen atoms in total. The molecule has 0 unspecified atom stereocenters. The minimum Gasteiger partial charge on any atom is -0.443 e. The predicted octanol–water partition coefficient (Wildman–Crippen LogP) is 4.85. The van der Waals surface area contributed by atoms with Gasteiger partial charge in [0.25, 0.3) is 5.91 Å². The van der Waals surface area contributed by atoms with Crippen molar-refractivity contribution < 1.29 is 19.1 Å². The van der Waals surface area contributed by atoms with E-state index in [2.05, 4.69) is 45.0 Å². The zero-order valence-electron chi connectivity index (χ0n) is 23.9. The van der Waals surface area contributed by atoms with E-state index < -0.39 is 0 Å². The second-order valence-electron chi connectivity index (χ2n) is 12.3. The minimum absolute atomic E-state index is 0.0134. The first-order chi connectivity index (χ1) is 20.2. The Labute approximate surface area is 248 Å². The molecule has 1 aliphatic carbocycles. The van der Waals surface area contributed by atoms with Crippen LogP contribution in [0.3, 0.4) is 0 Å². The third-order valence-electron chi connectivity index (χ3n) is 8.47. The van der Waals surface area contributed by atoms with E-state index in [1.807, 2.05) is 24.8 Å². The molecule has 4 heterocycles. The van der Waals surface area contributed by atoms with E-state index >= 15 is 0 Å². The van der Waals surface area contributed by atoms with Crippen molar-refractivity contribution in [1.82, 2.24) is 24.8 Å². The molecule has 0 radical (unpaired) electrons. The summed E-state index contributed by atoms with van der Waals surface area (Å²) in [6.07, 6.45) is 7.19. The second-order valence-corrected chi connectivity index (χ2v) is 13.4. The van der Waals surface area contributed by atoms with Crippen molar-refractivity contribution in [2.45, 2.75) is 45.7 Å². The lowest BCUT2D eigenvalue weighted by atomic mass is 9.64. The Morgan fingerprint density at radius 2 is 2.12 bits per heavy atom. The first-order valence-corrected chi connectivity index (χ1v) is 15.0. The number of thiophene rings is 1. The Bertz CT molecular complexity index is 1620. The molecule has 1 saturated carbocycles. The van der Waals surface area contributed by atoms with Gasteiger partial charge in [0.1, 0.15) is 0 Å². The van der Waals surface area contributed by atoms with Gasteiger partial charge in [-0.25, -0.2) is 9.97 Å². The summed E-state index contributed by atoms with van der Waals surface area (Å²) in [6, 6.07) is 10.0. The monoisotopic (exact) mass is 588 g/mol. The number of aromatic nitrogens is 3. The number of likely N-dealkylation sites (tertiary alicyclic amines) is 1. The van der Waals surface area contributed by atoms with Crippen LogP contribution in [-0.4, -0.2) is 62.6 Å². The SMILES string of the molecule is C=CC(=O)N1CC[C@]2(C1)C[C@H](n1c(NC(=O)c3ccc(-c4cnco4)s3)nc3cc(CNCC(C)(C)CO)ccc31)C2. The van der Waals surface area contributed by atoms with Crippen molar-refractivity contribution in [3.8, 4) is 10.6 Å². The van der Waals surface area contributed by atoms with Gasteiger partial charge in [-0.15, -0.1) is 11.3 Å². The molecule has 2 aliphatic rings. The number of aliphatic hydroxyl groups is 1. The van der Waals surface area contributed by atoms with Crippen molar-refractivity contribution in [3.05, 3.63) is 66.0 Å². The summed E-state index contributed by atoms with van der Waals surface area (Å²) < 4.78 is 7.55. The van der Waals surface area contributed by atoms with Crippen molar-refractivity contribution in [2.24, 2.45) is 10.8 Å². The average molecular weight is 589 g/mol. The molecule has 1 saturated heterocycles. The smallest absolute Gasteiger partial charge is 0.268 e. The van der Waals surface area contributed by atoms with Crippen LogP contribution < -0.4 is 10.6 Å². The summed E-state index contributed by atoms with van der Waals surface area (Å²) >= 11 is 1.34. The Kier molecular flexibility index (Phi) is 7.50. The zero-order valence-corrected chi connectivity index (χ0v) is 24.7. The molecule has 0 bridgehead atoms. The number of aliphatic hydroxyl groups excluding tert-OH is 1. The summed E-state index contributed by atoms with van der Waals surface area (Å²) in [7, 11) is 0. The number of rotatable bonds is 10. The van der Waals surface area contributed by atoms with Gasteiger partial charge in [-0.3, -0.25) is 14.9 Å². The maximum atomic E-state index is 13.4. The number of benzene rings is 1. The van der Waals surface area contributed by atoms with Crippen LogP contribution in [0.2, 0.25) is 0 Å². The fourth-order valence-electron chi connectivity index (χ4n) is 6.11. The summed E-state index contributed by atoms with van der Waals surface area (Å²) in [5, 5.41) is 16.1. The van der Waals surface area contributed by atoms with Crippen LogP contribution in [0.1, 0.15) is 54.4 Å². The maximum absolute atomic E-state index is 13.4. The van der Waals surface area contributed by atoms with Crippen molar-refractivity contribution in [3.63, 3.8) is 0 Å². The third-order valence-corrected chi connectivity index (χ3v) is 9.57. The molecule has 6 rings (SSSR count). The zero-order chi connectivity index (χ0) is 29.5. The summed E-state index contributed by atoms with van der Waals surface area (Å²) in [5.74, 6) is 0.900. The van der Waals surface area contributed by atoms with Crippen LogP contribution in [0.4, 0.5) is 5.95 Å². The Morgan fingerprint density at radius 1 is 1.29 bits per heavy atom. The number of amides is 2. The first-order valence-electron chi connectivity index (χ1n) is 14.2. The van der Waals surface area contributed by atoms with E-state index in [-0.39, 0.29) is 35.3 Å². The Balaban J connectivity index is 1.25. The van der Waals surface area contributed by atoms with Crippen LogP contribution in [0.5, 0.6) is 0 Å². The van der Waals surface area contributed by atoms with Gasteiger partial charge in [-0.2, -0.15) is 0 Å². The number of hydrogen-bond acceptors (Lipinski definition) is 8. The lowest BCUT2D eigenvalue weighted by molar-refractivity contribution is -0.125. The van der Waals surface area contributed by atoms with Gasteiger partial charge in [-0.1, -0.05) is 26.5 Å². The number of fused-ring (bicyclic) bond motifs is 1. The summed E-state index contributed by atoms with van der Waals surface area (Å²) in [6.45, 7) is 10.6.